The van der Waals surface area contributed by atoms with Crippen LogP contribution in [0.5, 0.6) is 0 Å². The largest absolute Gasteiger partial charge is 0.417 e. The number of hydrogen-bond acceptors (Lipinski definition) is 4. The third-order valence-corrected chi connectivity index (χ3v) is 4.99. The molecule has 0 bridgehead atoms. The zero-order valence-electron chi connectivity index (χ0n) is 16.2. The summed E-state index contributed by atoms with van der Waals surface area (Å²) in [6.45, 7) is 0. The van der Waals surface area contributed by atoms with Gasteiger partial charge in [0.25, 0.3) is 5.91 Å². The van der Waals surface area contributed by atoms with Crippen molar-refractivity contribution in [2.75, 3.05) is 5.32 Å². The van der Waals surface area contributed by atoms with Crippen LogP contribution in [0, 0.1) is 0 Å². The molecule has 1 heterocycles. The van der Waals surface area contributed by atoms with Gasteiger partial charge in [-0.15, -0.1) is 0 Å². The standard InChI is InChI=1S/C23H13ClF3N3O2/c24-18-11-15(3-7-17(18)23(25,26)27)22(32)30-16-5-1-13(2-6-16)21(31)14-4-8-19-20(12-14)29-10-9-28-19/h1-12H,(H,30,32). The highest BCUT2D eigenvalue weighted by Crippen LogP contribution is 2.35. The number of ketones is 1. The Morgan fingerprint density at radius 3 is 2.06 bits per heavy atom. The predicted molar refractivity (Wildman–Crippen MR) is 114 cm³/mol. The SMILES string of the molecule is O=C(Nc1ccc(C(=O)c2ccc3nccnc3c2)cc1)c1ccc(C(F)(F)F)c(Cl)c1. The number of rotatable bonds is 4. The Morgan fingerprint density at radius 2 is 1.41 bits per heavy atom. The molecule has 0 aliphatic rings. The van der Waals surface area contributed by atoms with Gasteiger partial charge in [-0.05, 0) is 60.7 Å². The first kappa shape index (κ1) is 21.5. The van der Waals surface area contributed by atoms with Gasteiger partial charge < -0.3 is 5.32 Å². The van der Waals surface area contributed by atoms with Crippen molar-refractivity contribution in [1.29, 1.82) is 0 Å². The number of alkyl halides is 3. The summed E-state index contributed by atoms with van der Waals surface area (Å²) in [6, 6.07) is 13.9. The molecule has 0 saturated heterocycles. The van der Waals surface area contributed by atoms with Crippen molar-refractivity contribution < 1.29 is 22.8 Å². The summed E-state index contributed by atoms with van der Waals surface area (Å²) in [4.78, 5) is 33.5. The minimum Gasteiger partial charge on any atom is -0.322 e. The smallest absolute Gasteiger partial charge is 0.322 e. The summed E-state index contributed by atoms with van der Waals surface area (Å²) in [5, 5.41) is 2.00. The normalized spacial score (nSPS) is 11.4. The highest BCUT2D eigenvalue weighted by Gasteiger charge is 2.33. The Labute approximate surface area is 184 Å². The number of anilines is 1. The third kappa shape index (κ3) is 4.45. The molecule has 0 radical (unpaired) electrons. The van der Waals surface area contributed by atoms with E-state index in [9.17, 15) is 22.8 Å². The lowest BCUT2D eigenvalue weighted by molar-refractivity contribution is -0.137. The summed E-state index contributed by atoms with van der Waals surface area (Å²) >= 11 is 5.67. The van der Waals surface area contributed by atoms with Gasteiger partial charge in [-0.1, -0.05) is 11.6 Å². The Morgan fingerprint density at radius 1 is 0.781 bits per heavy atom. The van der Waals surface area contributed by atoms with Gasteiger partial charge in [-0.25, -0.2) is 0 Å². The zero-order chi connectivity index (χ0) is 22.9. The van der Waals surface area contributed by atoms with E-state index in [1.54, 1.807) is 36.5 Å². The van der Waals surface area contributed by atoms with Crippen molar-refractivity contribution in [3.8, 4) is 0 Å². The molecule has 32 heavy (non-hydrogen) atoms. The van der Waals surface area contributed by atoms with E-state index in [4.69, 9.17) is 11.6 Å². The fourth-order valence-electron chi connectivity index (χ4n) is 3.07. The maximum atomic E-state index is 12.8. The van der Waals surface area contributed by atoms with Crippen LogP contribution in [0.4, 0.5) is 18.9 Å². The molecular formula is C23H13ClF3N3O2. The van der Waals surface area contributed by atoms with E-state index in [2.05, 4.69) is 15.3 Å². The molecule has 4 aromatic rings. The second kappa shape index (κ2) is 8.39. The molecule has 160 valence electrons. The van der Waals surface area contributed by atoms with Gasteiger partial charge in [0.15, 0.2) is 5.78 Å². The summed E-state index contributed by atoms with van der Waals surface area (Å²) in [5.41, 5.74) is 1.42. The molecule has 9 heteroatoms. The predicted octanol–water partition coefficient (Wildman–Crippen LogP) is 5.79. The van der Waals surface area contributed by atoms with Crippen molar-refractivity contribution in [2.24, 2.45) is 0 Å². The fraction of sp³-hybridized carbons (Fsp3) is 0.0435. The number of carbonyl (C=O) groups is 2. The van der Waals surface area contributed by atoms with E-state index >= 15 is 0 Å². The highest BCUT2D eigenvalue weighted by atomic mass is 35.5. The fourth-order valence-corrected chi connectivity index (χ4v) is 3.35. The molecular weight excluding hydrogens is 443 g/mol. The topological polar surface area (TPSA) is 72.0 Å². The first-order chi connectivity index (χ1) is 15.2. The zero-order valence-corrected chi connectivity index (χ0v) is 16.9. The molecule has 0 atom stereocenters. The molecule has 0 unspecified atom stereocenters. The summed E-state index contributed by atoms with van der Waals surface area (Å²) in [5.74, 6) is -0.863. The molecule has 1 amide bonds. The molecule has 3 aromatic carbocycles. The summed E-state index contributed by atoms with van der Waals surface area (Å²) < 4.78 is 38.4. The lowest BCUT2D eigenvalue weighted by atomic mass is 10.0. The van der Waals surface area contributed by atoms with Crippen molar-refractivity contribution in [3.05, 3.63) is 100 Å². The van der Waals surface area contributed by atoms with Crippen LogP contribution in [0.15, 0.2) is 73.1 Å². The average molecular weight is 456 g/mol. The molecule has 0 spiro atoms. The van der Waals surface area contributed by atoms with Gasteiger partial charge in [-0.2, -0.15) is 13.2 Å². The van der Waals surface area contributed by atoms with Gasteiger partial charge in [0.1, 0.15) is 0 Å². The Balaban J connectivity index is 1.49. The van der Waals surface area contributed by atoms with Crippen molar-refractivity contribution in [2.45, 2.75) is 6.18 Å². The number of fused-ring (bicyclic) bond motifs is 1. The molecule has 0 aliphatic carbocycles. The minimum absolute atomic E-state index is 0.0274. The van der Waals surface area contributed by atoms with Crippen LogP contribution in [0.2, 0.25) is 5.02 Å². The molecule has 0 fully saturated rings. The summed E-state index contributed by atoms with van der Waals surface area (Å²) in [6.07, 6.45) is -1.50. The number of hydrogen-bond donors (Lipinski definition) is 1. The third-order valence-electron chi connectivity index (χ3n) is 4.67. The number of nitrogens with one attached hydrogen (secondary N) is 1. The van der Waals surface area contributed by atoms with Crippen LogP contribution in [-0.2, 0) is 6.18 Å². The first-order valence-corrected chi connectivity index (χ1v) is 9.64. The van der Waals surface area contributed by atoms with Crippen LogP contribution < -0.4 is 5.32 Å². The number of amides is 1. The van der Waals surface area contributed by atoms with Gasteiger partial charge >= 0.3 is 6.18 Å². The number of halogens is 4. The van der Waals surface area contributed by atoms with Gasteiger partial charge in [0.2, 0.25) is 0 Å². The molecule has 1 aromatic heterocycles. The second-order valence-corrected chi connectivity index (χ2v) is 7.22. The second-order valence-electron chi connectivity index (χ2n) is 6.81. The van der Waals surface area contributed by atoms with Crippen molar-refractivity contribution >= 4 is 40.0 Å². The van der Waals surface area contributed by atoms with E-state index in [0.29, 0.717) is 27.8 Å². The van der Waals surface area contributed by atoms with Crippen molar-refractivity contribution in [3.63, 3.8) is 0 Å². The van der Waals surface area contributed by atoms with Gasteiger partial charge in [-0.3, -0.25) is 19.6 Å². The highest BCUT2D eigenvalue weighted by molar-refractivity contribution is 6.32. The molecule has 0 saturated carbocycles. The van der Waals surface area contributed by atoms with Crippen LogP contribution in [0.1, 0.15) is 31.8 Å². The number of carbonyl (C=O) groups excluding carboxylic acids is 2. The Bertz CT molecular complexity index is 1340. The maximum absolute atomic E-state index is 12.8. The van der Waals surface area contributed by atoms with Crippen LogP contribution in [0.3, 0.4) is 0 Å². The lowest BCUT2D eigenvalue weighted by Gasteiger charge is -2.11. The van der Waals surface area contributed by atoms with Crippen LogP contribution in [0.25, 0.3) is 11.0 Å². The van der Waals surface area contributed by atoms with E-state index in [1.807, 2.05) is 0 Å². The average Bonchev–Trinajstić information content (AvgIpc) is 2.78. The number of nitrogens with zero attached hydrogens (tertiary/aromatic N) is 2. The van der Waals surface area contributed by atoms with E-state index in [0.717, 1.165) is 18.2 Å². The number of benzene rings is 3. The number of aromatic nitrogens is 2. The quantitative estimate of drug-likeness (QED) is 0.396. The first-order valence-electron chi connectivity index (χ1n) is 9.26. The monoisotopic (exact) mass is 455 g/mol. The molecule has 4 rings (SSSR count). The van der Waals surface area contributed by atoms with E-state index in [1.165, 1.54) is 18.3 Å². The summed E-state index contributed by atoms with van der Waals surface area (Å²) in [7, 11) is 0. The lowest BCUT2D eigenvalue weighted by Crippen LogP contribution is -2.13. The molecule has 5 nitrogen and oxygen atoms in total. The molecule has 1 N–H and O–H groups in total. The Hall–Kier alpha value is -3.78. The van der Waals surface area contributed by atoms with Crippen LogP contribution >= 0.6 is 11.6 Å². The van der Waals surface area contributed by atoms with E-state index in [-0.39, 0.29) is 11.3 Å². The Kier molecular flexibility index (Phi) is 5.63. The maximum Gasteiger partial charge on any atom is 0.417 e. The van der Waals surface area contributed by atoms with Gasteiger partial charge in [0.05, 0.1) is 21.6 Å². The van der Waals surface area contributed by atoms with Crippen molar-refractivity contribution in [1.82, 2.24) is 9.97 Å². The minimum atomic E-state index is -4.61. The molecule has 0 aliphatic heterocycles. The van der Waals surface area contributed by atoms with Crippen LogP contribution in [-0.4, -0.2) is 21.7 Å². The van der Waals surface area contributed by atoms with E-state index < -0.39 is 22.7 Å². The van der Waals surface area contributed by atoms with Gasteiger partial charge in [0, 0.05) is 34.8 Å².